The molecular formula is C7H11N3O7S. The fourth-order valence-electron chi connectivity index (χ4n) is 0.912. The fourth-order valence-corrected chi connectivity index (χ4v) is 0.912. The van der Waals surface area contributed by atoms with Crippen LogP contribution in [-0.4, -0.2) is 29.6 Å². The van der Waals surface area contributed by atoms with Crippen molar-refractivity contribution in [3.8, 4) is 5.75 Å². The van der Waals surface area contributed by atoms with Crippen LogP contribution in [0, 0.1) is 10.1 Å². The van der Waals surface area contributed by atoms with Crippen LogP contribution in [0.5, 0.6) is 5.75 Å². The van der Waals surface area contributed by atoms with Gasteiger partial charge in [0.1, 0.15) is 11.4 Å². The molecule has 0 unspecified atom stereocenters. The van der Waals surface area contributed by atoms with Crippen LogP contribution in [-0.2, 0) is 10.4 Å². The number of anilines is 1. The quantitative estimate of drug-likeness (QED) is 0.262. The van der Waals surface area contributed by atoms with Crippen LogP contribution in [0.25, 0.3) is 0 Å². The molecule has 0 saturated heterocycles. The number of nitrogens with zero attached hydrogens (tertiary/aromatic N) is 1. The number of hydrazine groups is 1. The number of nitrogen functional groups attached to an aromatic ring is 1. The lowest BCUT2D eigenvalue weighted by Crippen LogP contribution is -2.08. The predicted octanol–water partition coefficient (Wildman–Crippen LogP) is 0.236. The van der Waals surface area contributed by atoms with E-state index < -0.39 is 15.3 Å². The number of methoxy groups -OCH3 is 1. The Hall–Kier alpha value is -1.95. The number of hydrogen-bond donors (Lipinski definition) is 4. The van der Waals surface area contributed by atoms with E-state index in [-0.39, 0.29) is 11.4 Å². The molecular weight excluding hydrogens is 270 g/mol. The summed E-state index contributed by atoms with van der Waals surface area (Å²) in [6, 6.07) is 4.37. The zero-order valence-electron chi connectivity index (χ0n) is 9.10. The van der Waals surface area contributed by atoms with Gasteiger partial charge in [-0.2, -0.15) is 8.42 Å². The molecule has 0 aromatic heterocycles. The molecule has 0 fully saturated rings. The molecule has 0 aliphatic carbocycles. The van der Waals surface area contributed by atoms with Crippen molar-refractivity contribution >= 4 is 21.8 Å². The van der Waals surface area contributed by atoms with E-state index >= 15 is 0 Å². The number of nitro benzene ring substituents is 1. The summed E-state index contributed by atoms with van der Waals surface area (Å²) in [5.41, 5.74) is 2.38. The minimum Gasteiger partial charge on any atom is -0.496 e. The Bertz CT molecular complexity index is 508. The summed E-state index contributed by atoms with van der Waals surface area (Å²) in [6.07, 6.45) is 0. The van der Waals surface area contributed by atoms with Crippen LogP contribution in [0.3, 0.4) is 0 Å². The average Bonchev–Trinajstić information content (AvgIpc) is 2.25. The van der Waals surface area contributed by atoms with Crippen LogP contribution >= 0.6 is 0 Å². The van der Waals surface area contributed by atoms with Crippen LogP contribution in [0.2, 0.25) is 0 Å². The molecule has 1 aromatic carbocycles. The molecule has 0 bridgehead atoms. The first-order valence-electron chi connectivity index (χ1n) is 4.18. The van der Waals surface area contributed by atoms with E-state index in [1.165, 1.54) is 19.2 Å². The van der Waals surface area contributed by atoms with E-state index in [1.807, 2.05) is 0 Å². The summed E-state index contributed by atoms with van der Waals surface area (Å²) in [7, 11) is -3.23. The van der Waals surface area contributed by atoms with Gasteiger partial charge in [0.2, 0.25) is 0 Å². The number of rotatable bonds is 3. The largest absolute Gasteiger partial charge is 0.496 e. The third kappa shape index (κ3) is 6.59. The topological polar surface area (TPSA) is 165 Å². The van der Waals surface area contributed by atoms with Crippen molar-refractivity contribution in [3.63, 3.8) is 0 Å². The molecule has 1 rings (SSSR count). The van der Waals surface area contributed by atoms with Crippen LogP contribution in [0.1, 0.15) is 0 Å². The predicted molar refractivity (Wildman–Crippen MR) is 61.6 cm³/mol. The van der Waals surface area contributed by atoms with E-state index in [2.05, 4.69) is 5.43 Å². The summed E-state index contributed by atoms with van der Waals surface area (Å²) >= 11 is 0. The molecule has 102 valence electrons. The zero-order valence-corrected chi connectivity index (χ0v) is 9.92. The normalized spacial score (nSPS) is 10.0. The molecule has 0 amide bonds. The molecule has 11 heteroatoms. The van der Waals surface area contributed by atoms with Crippen LogP contribution in [0.15, 0.2) is 18.2 Å². The molecule has 0 atom stereocenters. The lowest BCUT2D eigenvalue weighted by molar-refractivity contribution is -0.384. The summed E-state index contributed by atoms with van der Waals surface area (Å²) in [4.78, 5) is 9.97. The highest BCUT2D eigenvalue weighted by Crippen LogP contribution is 2.27. The van der Waals surface area contributed by atoms with Crippen molar-refractivity contribution < 1.29 is 27.2 Å². The van der Waals surface area contributed by atoms with Crippen LogP contribution < -0.4 is 16.0 Å². The van der Waals surface area contributed by atoms with Gasteiger partial charge in [0.05, 0.1) is 18.1 Å². The second kappa shape index (κ2) is 6.70. The SMILES string of the molecule is COc1ccc(NN)c([N+](=O)[O-])c1.O=S(=O)(O)O. The highest BCUT2D eigenvalue weighted by atomic mass is 32.3. The van der Waals surface area contributed by atoms with E-state index in [9.17, 15) is 10.1 Å². The Labute approximate surface area is 102 Å². The number of nitro groups is 1. The van der Waals surface area contributed by atoms with Crippen molar-refractivity contribution in [1.29, 1.82) is 0 Å². The Morgan fingerprint density at radius 2 is 1.94 bits per heavy atom. The van der Waals surface area contributed by atoms with Gasteiger partial charge < -0.3 is 10.2 Å². The second-order valence-corrected chi connectivity index (χ2v) is 3.63. The minimum absolute atomic E-state index is 0.109. The van der Waals surface area contributed by atoms with Gasteiger partial charge in [-0.3, -0.25) is 25.1 Å². The van der Waals surface area contributed by atoms with Gasteiger partial charge in [-0.15, -0.1) is 0 Å². The maximum absolute atomic E-state index is 10.5. The summed E-state index contributed by atoms with van der Waals surface area (Å²) in [5, 5.41) is 10.5. The van der Waals surface area contributed by atoms with E-state index in [0.717, 1.165) is 0 Å². The zero-order chi connectivity index (χ0) is 14.3. The molecule has 1 aromatic rings. The molecule has 0 radical (unpaired) electrons. The van der Waals surface area contributed by atoms with Gasteiger partial charge in [-0.05, 0) is 12.1 Å². The van der Waals surface area contributed by atoms with Gasteiger partial charge in [0.15, 0.2) is 0 Å². The molecule has 0 spiro atoms. The molecule has 10 nitrogen and oxygen atoms in total. The van der Waals surface area contributed by atoms with Gasteiger partial charge in [-0.25, -0.2) is 0 Å². The Morgan fingerprint density at radius 1 is 1.44 bits per heavy atom. The second-order valence-electron chi connectivity index (χ2n) is 2.73. The lowest BCUT2D eigenvalue weighted by Gasteiger charge is -2.03. The van der Waals surface area contributed by atoms with Crippen molar-refractivity contribution in [1.82, 2.24) is 0 Å². The number of hydrogen-bond acceptors (Lipinski definition) is 7. The molecule has 18 heavy (non-hydrogen) atoms. The Balaban J connectivity index is 0.000000494. The molecule has 5 N–H and O–H groups in total. The molecule has 0 saturated carbocycles. The number of nitrogens with two attached hydrogens (primary N) is 1. The van der Waals surface area contributed by atoms with Crippen molar-refractivity contribution in [3.05, 3.63) is 28.3 Å². The Morgan fingerprint density at radius 3 is 2.28 bits per heavy atom. The maximum Gasteiger partial charge on any atom is 0.394 e. The molecule has 0 aliphatic heterocycles. The first kappa shape index (κ1) is 16.1. The van der Waals surface area contributed by atoms with Gasteiger partial charge in [0, 0.05) is 0 Å². The van der Waals surface area contributed by atoms with Gasteiger partial charge >= 0.3 is 10.4 Å². The third-order valence-electron chi connectivity index (χ3n) is 1.56. The van der Waals surface area contributed by atoms with Crippen molar-refractivity contribution in [2.75, 3.05) is 12.5 Å². The van der Waals surface area contributed by atoms with Crippen molar-refractivity contribution in [2.24, 2.45) is 5.84 Å². The maximum atomic E-state index is 10.5. The van der Waals surface area contributed by atoms with Gasteiger partial charge in [-0.1, -0.05) is 0 Å². The highest BCUT2D eigenvalue weighted by molar-refractivity contribution is 7.79. The smallest absolute Gasteiger partial charge is 0.394 e. The number of nitrogens with one attached hydrogen (secondary N) is 1. The number of benzene rings is 1. The van der Waals surface area contributed by atoms with E-state index in [0.29, 0.717) is 5.75 Å². The molecule has 0 heterocycles. The minimum atomic E-state index is -4.67. The lowest BCUT2D eigenvalue weighted by atomic mass is 10.2. The van der Waals surface area contributed by atoms with Gasteiger partial charge in [0.25, 0.3) is 5.69 Å². The van der Waals surface area contributed by atoms with E-state index in [4.69, 9.17) is 28.1 Å². The summed E-state index contributed by atoms with van der Waals surface area (Å²) < 4.78 is 36.4. The third-order valence-corrected chi connectivity index (χ3v) is 1.56. The first-order chi connectivity index (χ1) is 8.19. The Kier molecular flexibility index (Phi) is 5.98. The summed E-state index contributed by atoms with van der Waals surface area (Å²) in [6.45, 7) is 0. The van der Waals surface area contributed by atoms with Crippen molar-refractivity contribution in [2.45, 2.75) is 0 Å². The highest BCUT2D eigenvalue weighted by Gasteiger charge is 2.13. The number of ether oxygens (including phenoxy) is 1. The first-order valence-corrected chi connectivity index (χ1v) is 5.57. The standard InChI is InChI=1S/C7H9N3O3.H2O4S/c1-13-5-2-3-6(9-8)7(4-5)10(11)12;1-5(2,3)4/h2-4,9H,8H2,1H3;(H2,1,2,3,4). The van der Waals surface area contributed by atoms with E-state index in [1.54, 1.807) is 6.07 Å². The fraction of sp³-hybridized carbons (Fsp3) is 0.143. The average molecular weight is 281 g/mol. The summed E-state index contributed by atoms with van der Waals surface area (Å²) in [5.74, 6) is 5.51. The molecule has 0 aliphatic rings. The van der Waals surface area contributed by atoms with Crippen LogP contribution in [0.4, 0.5) is 11.4 Å². The monoisotopic (exact) mass is 281 g/mol.